The normalized spacial score (nSPS) is 41.2. The molecule has 0 spiro atoms. The monoisotopic (exact) mass is 1160 g/mol. The van der Waals surface area contributed by atoms with E-state index in [0.717, 1.165) is 0 Å². The Balaban J connectivity index is 1.50. The standard InChI is InChI=1S/C48H88O31/c1-5-12-67-41-33(59)36(27(21-65-14-7-50)75-45(41)62-3)71-23-29-38(31(57)32(58)44(74-29)77-39-28(22-66-15-8-51)76-46(63-4)42(35(39)61)69-17-10-53)79-48-43(70-18-11-54)34(60)37(25(19-55)72-48)78-47-40(68-16-9-52)30(56)24(2)26(73-47)20-64-13-6-49/h24-61H,5-23H2,1-4H3. The van der Waals surface area contributed by atoms with E-state index in [1.165, 1.54) is 14.2 Å². The van der Waals surface area contributed by atoms with Gasteiger partial charge in [0.25, 0.3) is 0 Å². The minimum Gasteiger partial charge on any atom is -0.394 e. The lowest BCUT2D eigenvalue weighted by atomic mass is 9.90. The highest BCUT2D eigenvalue weighted by molar-refractivity contribution is 5.00. The van der Waals surface area contributed by atoms with Crippen LogP contribution in [0.1, 0.15) is 20.3 Å². The van der Waals surface area contributed by atoms with Gasteiger partial charge in [-0.2, -0.15) is 0 Å². The molecule has 25 atom stereocenters. The second-order valence-corrected chi connectivity index (χ2v) is 19.2. The van der Waals surface area contributed by atoms with Crippen LogP contribution in [0.15, 0.2) is 0 Å². The van der Waals surface area contributed by atoms with Gasteiger partial charge in [-0.15, -0.1) is 0 Å². The molecule has 5 rings (SSSR count). The van der Waals surface area contributed by atoms with Crippen LogP contribution in [-0.4, -0.2) is 347 Å². The molecule has 79 heavy (non-hydrogen) atoms. The number of hydrogen-bond acceptors (Lipinski definition) is 31. The predicted molar refractivity (Wildman–Crippen MR) is 258 cm³/mol. The molecule has 0 radical (unpaired) electrons. The molecule has 466 valence electrons. The lowest BCUT2D eigenvalue weighted by Gasteiger charge is -2.50. The molecular weight excluding hydrogens is 1070 g/mol. The van der Waals surface area contributed by atoms with Crippen LogP contribution in [0.5, 0.6) is 0 Å². The second-order valence-electron chi connectivity index (χ2n) is 19.2. The van der Waals surface area contributed by atoms with Crippen molar-refractivity contribution in [3.63, 3.8) is 0 Å². The smallest absolute Gasteiger partial charge is 0.187 e. The van der Waals surface area contributed by atoms with E-state index in [1.807, 2.05) is 6.92 Å². The molecule has 5 aliphatic rings. The molecule has 25 unspecified atom stereocenters. The molecule has 5 fully saturated rings. The predicted octanol–water partition coefficient (Wildman–Crippen LogP) is -7.81. The lowest BCUT2D eigenvalue weighted by Crippen LogP contribution is -2.68. The molecule has 5 saturated heterocycles. The SMILES string of the molecule is CCCOC1C(OC)OC(COCCO)C(OCC2OC(OC3C(COCCO)OC(OC)C(OCCO)C3O)C(O)C(O)C2OC2OC(CO)C(OC3OC(COCCO)C(C)C(O)C3OCCO)C(O)C2OCCO)C1O. The van der Waals surface area contributed by atoms with Gasteiger partial charge >= 0.3 is 0 Å². The number of hydrogen-bond donors (Lipinski definition) is 13. The number of aliphatic hydroxyl groups is 13. The quantitative estimate of drug-likeness (QED) is 0.0259. The summed E-state index contributed by atoms with van der Waals surface area (Å²) in [6.45, 7) is -2.43. The van der Waals surface area contributed by atoms with E-state index in [4.69, 9.17) is 85.3 Å². The first-order valence-electron chi connectivity index (χ1n) is 26.7. The molecule has 0 aromatic carbocycles. The summed E-state index contributed by atoms with van der Waals surface area (Å²) in [5, 5.41) is 140. The van der Waals surface area contributed by atoms with Gasteiger partial charge in [0, 0.05) is 26.7 Å². The molecular formula is C48H88O31. The van der Waals surface area contributed by atoms with E-state index in [9.17, 15) is 66.4 Å². The Hall–Kier alpha value is -1.24. The van der Waals surface area contributed by atoms with E-state index in [-0.39, 0.29) is 79.3 Å². The van der Waals surface area contributed by atoms with Crippen molar-refractivity contribution in [1.29, 1.82) is 0 Å². The Bertz CT molecular complexity index is 1600. The van der Waals surface area contributed by atoms with Crippen LogP contribution in [0.25, 0.3) is 0 Å². The maximum atomic E-state index is 12.2. The summed E-state index contributed by atoms with van der Waals surface area (Å²) < 4.78 is 107. The Morgan fingerprint density at radius 2 is 0.684 bits per heavy atom. The highest BCUT2D eigenvalue weighted by atomic mass is 16.8. The summed E-state index contributed by atoms with van der Waals surface area (Å²) in [5.41, 5.74) is 0. The molecule has 0 saturated carbocycles. The summed E-state index contributed by atoms with van der Waals surface area (Å²) in [5.74, 6) is -0.639. The third-order valence-corrected chi connectivity index (χ3v) is 13.8. The maximum absolute atomic E-state index is 12.2. The van der Waals surface area contributed by atoms with Gasteiger partial charge in [-0.25, -0.2) is 0 Å². The minimum atomic E-state index is -2.08. The van der Waals surface area contributed by atoms with Gasteiger partial charge in [-0.3, -0.25) is 0 Å². The van der Waals surface area contributed by atoms with Crippen molar-refractivity contribution in [2.45, 2.75) is 168 Å². The molecule has 0 aliphatic carbocycles. The zero-order chi connectivity index (χ0) is 57.6. The average molecular weight is 1160 g/mol. The zero-order valence-corrected chi connectivity index (χ0v) is 45.0. The van der Waals surface area contributed by atoms with E-state index < -0.39 is 193 Å². The van der Waals surface area contributed by atoms with Crippen LogP contribution < -0.4 is 0 Å². The van der Waals surface area contributed by atoms with Gasteiger partial charge in [0.05, 0.1) is 125 Å². The maximum Gasteiger partial charge on any atom is 0.187 e. The van der Waals surface area contributed by atoms with E-state index in [0.29, 0.717) is 6.42 Å². The third kappa shape index (κ3) is 18.4. The van der Waals surface area contributed by atoms with E-state index in [2.05, 4.69) is 0 Å². The van der Waals surface area contributed by atoms with Gasteiger partial charge in [-0.1, -0.05) is 13.8 Å². The van der Waals surface area contributed by atoms with Crippen molar-refractivity contribution >= 4 is 0 Å². The number of ether oxygens (including phenoxy) is 18. The Morgan fingerprint density at radius 3 is 1.15 bits per heavy atom. The first kappa shape index (κ1) is 68.5. The fourth-order valence-corrected chi connectivity index (χ4v) is 9.80. The molecule has 5 heterocycles. The summed E-state index contributed by atoms with van der Waals surface area (Å²) in [4.78, 5) is 0. The largest absolute Gasteiger partial charge is 0.394 e. The second kappa shape index (κ2) is 35.9. The Kier molecular flexibility index (Phi) is 31.2. The topological polar surface area (TPSA) is 429 Å². The molecule has 0 bridgehead atoms. The molecule has 0 amide bonds. The van der Waals surface area contributed by atoms with Crippen molar-refractivity contribution in [2.75, 3.05) is 133 Å². The van der Waals surface area contributed by atoms with Crippen molar-refractivity contribution in [2.24, 2.45) is 5.92 Å². The van der Waals surface area contributed by atoms with Crippen LogP contribution in [0.2, 0.25) is 0 Å². The minimum absolute atomic E-state index is 0.0525. The molecule has 0 aromatic heterocycles. The van der Waals surface area contributed by atoms with Gasteiger partial charge in [-0.05, 0) is 6.42 Å². The number of rotatable bonds is 36. The van der Waals surface area contributed by atoms with E-state index >= 15 is 0 Å². The molecule has 31 nitrogen and oxygen atoms in total. The van der Waals surface area contributed by atoms with Crippen LogP contribution in [0.3, 0.4) is 0 Å². The first-order chi connectivity index (χ1) is 38.2. The van der Waals surface area contributed by atoms with Crippen molar-refractivity contribution in [1.82, 2.24) is 0 Å². The molecule has 13 N–H and O–H groups in total. The molecule has 31 heteroatoms. The fourth-order valence-electron chi connectivity index (χ4n) is 9.80. The third-order valence-electron chi connectivity index (χ3n) is 13.8. The van der Waals surface area contributed by atoms with Crippen LogP contribution >= 0.6 is 0 Å². The summed E-state index contributed by atoms with van der Waals surface area (Å²) in [7, 11) is 2.62. The van der Waals surface area contributed by atoms with Crippen LogP contribution in [-0.2, 0) is 85.3 Å². The highest BCUT2D eigenvalue weighted by Crippen LogP contribution is 2.38. The van der Waals surface area contributed by atoms with Gasteiger partial charge in [0.1, 0.15) is 104 Å². The summed E-state index contributed by atoms with van der Waals surface area (Å²) in [6, 6.07) is 0. The van der Waals surface area contributed by atoms with E-state index in [1.54, 1.807) is 6.92 Å². The Labute approximate surface area is 457 Å². The van der Waals surface area contributed by atoms with Crippen molar-refractivity contribution in [3.05, 3.63) is 0 Å². The van der Waals surface area contributed by atoms with Gasteiger partial charge in [0.2, 0.25) is 0 Å². The average Bonchev–Trinajstić information content (AvgIpc) is 3.55. The summed E-state index contributed by atoms with van der Waals surface area (Å²) >= 11 is 0. The number of aliphatic hydroxyl groups excluding tert-OH is 13. The first-order valence-corrected chi connectivity index (χ1v) is 26.7. The van der Waals surface area contributed by atoms with Crippen LogP contribution in [0.4, 0.5) is 0 Å². The zero-order valence-electron chi connectivity index (χ0n) is 45.0. The Morgan fingerprint density at radius 1 is 0.329 bits per heavy atom. The highest BCUT2D eigenvalue weighted by Gasteiger charge is 2.57. The van der Waals surface area contributed by atoms with Gasteiger partial charge in [0.15, 0.2) is 31.5 Å². The number of methoxy groups -OCH3 is 2. The fraction of sp³-hybridized carbons (Fsp3) is 1.00. The summed E-state index contributed by atoms with van der Waals surface area (Å²) in [6.07, 6.45) is -35.5. The molecule has 5 aliphatic heterocycles. The molecule has 0 aromatic rings. The van der Waals surface area contributed by atoms with Crippen molar-refractivity contribution in [3.8, 4) is 0 Å². The van der Waals surface area contributed by atoms with Crippen molar-refractivity contribution < 1.29 is 152 Å². The van der Waals surface area contributed by atoms with Gasteiger partial charge < -0.3 is 152 Å². The lowest BCUT2D eigenvalue weighted by molar-refractivity contribution is -0.393. The van der Waals surface area contributed by atoms with Crippen LogP contribution in [0, 0.1) is 5.92 Å².